The van der Waals surface area contributed by atoms with E-state index in [2.05, 4.69) is 10.6 Å². The quantitative estimate of drug-likeness (QED) is 0.458. The van der Waals surface area contributed by atoms with Gasteiger partial charge in [0.05, 0.1) is 0 Å². The van der Waals surface area contributed by atoms with Gasteiger partial charge in [-0.25, -0.2) is 4.79 Å². The Morgan fingerprint density at radius 3 is 2.81 bits per heavy atom. The molecule has 0 radical (unpaired) electrons. The van der Waals surface area contributed by atoms with Gasteiger partial charge in [0.15, 0.2) is 0 Å². The van der Waals surface area contributed by atoms with Gasteiger partial charge in [0.1, 0.15) is 5.75 Å². The number of rotatable bonds is 3. The predicted molar refractivity (Wildman–Crippen MR) is 63.0 cm³/mol. The van der Waals surface area contributed by atoms with Gasteiger partial charge in [-0.05, 0) is 32.0 Å². The fourth-order valence-electron chi connectivity index (χ4n) is 1.24. The molecule has 1 aromatic rings. The van der Waals surface area contributed by atoms with Crippen molar-refractivity contribution in [3.63, 3.8) is 0 Å². The fraction of sp³-hybridized carbons (Fsp3) is 0.364. The van der Waals surface area contributed by atoms with Crippen LogP contribution in [0, 0.1) is 0 Å². The summed E-state index contributed by atoms with van der Waals surface area (Å²) in [4.78, 5) is 11.3. The number of carbonyl (C=O) groups excluding carboxylic acids is 1. The summed E-state index contributed by atoms with van der Waals surface area (Å²) in [5, 5.41) is 14.8. The molecule has 88 valence electrons. The summed E-state index contributed by atoms with van der Waals surface area (Å²) in [6, 6.07) is 4.55. The summed E-state index contributed by atoms with van der Waals surface area (Å²) in [6.07, 6.45) is 0. The number of urea groups is 1. The molecular formula is C11H17N3O2. The number of nitrogen functional groups attached to an aromatic ring is 1. The van der Waals surface area contributed by atoms with E-state index in [4.69, 9.17) is 5.73 Å². The van der Waals surface area contributed by atoms with Gasteiger partial charge >= 0.3 is 6.03 Å². The largest absolute Gasteiger partial charge is 0.508 e. The smallest absolute Gasteiger partial charge is 0.315 e. The third-order valence-corrected chi connectivity index (χ3v) is 1.96. The van der Waals surface area contributed by atoms with E-state index in [0.717, 1.165) is 0 Å². The summed E-state index contributed by atoms with van der Waals surface area (Å²) in [6.45, 7) is 3.99. The fourth-order valence-corrected chi connectivity index (χ4v) is 1.24. The molecule has 0 aromatic heterocycles. The Morgan fingerprint density at radius 2 is 2.19 bits per heavy atom. The van der Waals surface area contributed by atoms with Crippen LogP contribution in [0.5, 0.6) is 5.75 Å². The minimum atomic E-state index is -0.267. The van der Waals surface area contributed by atoms with Crippen molar-refractivity contribution in [3.05, 3.63) is 23.8 Å². The molecule has 16 heavy (non-hydrogen) atoms. The lowest BCUT2D eigenvalue weighted by atomic mass is 10.2. The zero-order chi connectivity index (χ0) is 12.1. The van der Waals surface area contributed by atoms with Crippen molar-refractivity contribution in [2.24, 2.45) is 0 Å². The van der Waals surface area contributed by atoms with E-state index in [1.54, 1.807) is 12.1 Å². The van der Waals surface area contributed by atoms with Crippen molar-refractivity contribution in [3.8, 4) is 5.75 Å². The standard InChI is InChI=1S/C11H17N3O2/c1-7(2)14-11(16)13-6-8-5-9(12)3-4-10(8)15/h3-5,7,15H,6,12H2,1-2H3,(H2,13,14,16). The minimum absolute atomic E-state index is 0.0782. The molecule has 0 saturated carbocycles. The molecule has 0 spiro atoms. The van der Waals surface area contributed by atoms with Crippen LogP contribution in [0.2, 0.25) is 0 Å². The lowest BCUT2D eigenvalue weighted by Gasteiger charge is -2.11. The Bertz CT molecular complexity index is 377. The van der Waals surface area contributed by atoms with Crippen molar-refractivity contribution >= 4 is 11.7 Å². The van der Waals surface area contributed by atoms with Gasteiger partial charge in [0, 0.05) is 23.8 Å². The average Bonchev–Trinajstić information content (AvgIpc) is 2.18. The predicted octanol–water partition coefficient (Wildman–Crippen LogP) is 1.18. The van der Waals surface area contributed by atoms with Gasteiger partial charge in [0.2, 0.25) is 0 Å². The van der Waals surface area contributed by atoms with Gasteiger partial charge in [-0.15, -0.1) is 0 Å². The maximum Gasteiger partial charge on any atom is 0.315 e. The average molecular weight is 223 g/mol. The number of amides is 2. The highest BCUT2D eigenvalue weighted by Crippen LogP contribution is 2.19. The number of phenolic OH excluding ortho intramolecular Hbond substituents is 1. The van der Waals surface area contributed by atoms with Crippen LogP contribution in [0.3, 0.4) is 0 Å². The van der Waals surface area contributed by atoms with Crippen molar-refractivity contribution in [2.45, 2.75) is 26.4 Å². The van der Waals surface area contributed by atoms with E-state index in [1.807, 2.05) is 13.8 Å². The molecule has 2 amide bonds. The van der Waals surface area contributed by atoms with Gasteiger partial charge in [-0.2, -0.15) is 0 Å². The first-order chi connectivity index (χ1) is 7.49. The molecule has 0 aliphatic heterocycles. The van der Waals surface area contributed by atoms with Gasteiger partial charge < -0.3 is 21.5 Å². The summed E-state index contributed by atoms with van der Waals surface area (Å²) < 4.78 is 0. The molecule has 1 rings (SSSR count). The maximum absolute atomic E-state index is 11.3. The number of hydrogen-bond acceptors (Lipinski definition) is 3. The number of nitrogens with two attached hydrogens (primary N) is 1. The Balaban J connectivity index is 2.54. The Morgan fingerprint density at radius 1 is 1.50 bits per heavy atom. The molecule has 0 atom stereocenters. The van der Waals surface area contributed by atoms with Crippen molar-refractivity contribution in [1.82, 2.24) is 10.6 Å². The lowest BCUT2D eigenvalue weighted by molar-refractivity contribution is 0.238. The number of hydrogen-bond donors (Lipinski definition) is 4. The van der Waals surface area contributed by atoms with Gasteiger partial charge in [-0.3, -0.25) is 0 Å². The number of aromatic hydroxyl groups is 1. The van der Waals surface area contributed by atoms with Crippen LogP contribution in [0.1, 0.15) is 19.4 Å². The second-order valence-electron chi connectivity index (χ2n) is 3.87. The Labute approximate surface area is 94.7 Å². The molecule has 0 bridgehead atoms. The number of anilines is 1. The Hall–Kier alpha value is -1.91. The van der Waals surface area contributed by atoms with E-state index < -0.39 is 0 Å². The van der Waals surface area contributed by atoms with Gasteiger partial charge in [-0.1, -0.05) is 0 Å². The molecule has 0 heterocycles. The van der Waals surface area contributed by atoms with Crippen LogP contribution in [0.25, 0.3) is 0 Å². The number of benzene rings is 1. The number of nitrogens with one attached hydrogen (secondary N) is 2. The third-order valence-electron chi connectivity index (χ3n) is 1.96. The summed E-state index contributed by atoms with van der Waals surface area (Å²) >= 11 is 0. The number of carbonyl (C=O) groups is 1. The molecule has 5 heteroatoms. The lowest BCUT2D eigenvalue weighted by Crippen LogP contribution is -2.39. The van der Waals surface area contributed by atoms with Crippen LogP contribution < -0.4 is 16.4 Å². The first-order valence-corrected chi connectivity index (χ1v) is 5.10. The van der Waals surface area contributed by atoms with E-state index in [0.29, 0.717) is 11.3 Å². The minimum Gasteiger partial charge on any atom is -0.508 e. The highest BCUT2D eigenvalue weighted by molar-refractivity contribution is 5.74. The van der Waals surface area contributed by atoms with E-state index in [1.165, 1.54) is 6.07 Å². The van der Waals surface area contributed by atoms with Crippen LogP contribution in [-0.4, -0.2) is 17.2 Å². The van der Waals surface area contributed by atoms with Crippen LogP contribution >= 0.6 is 0 Å². The summed E-state index contributed by atoms with van der Waals surface area (Å²) in [5.74, 6) is 0.124. The van der Waals surface area contributed by atoms with Crippen molar-refractivity contribution in [1.29, 1.82) is 0 Å². The van der Waals surface area contributed by atoms with E-state index in [9.17, 15) is 9.90 Å². The maximum atomic E-state index is 11.3. The highest BCUT2D eigenvalue weighted by atomic mass is 16.3. The Kier molecular flexibility index (Phi) is 3.99. The molecular weight excluding hydrogens is 206 g/mol. The summed E-state index contributed by atoms with van der Waals surface area (Å²) in [5.41, 5.74) is 6.73. The molecule has 0 aliphatic rings. The SMILES string of the molecule is CC(C)NC(=O)NCc1cc(N)ccc1O. The zero-order valence-electron chi connectivity index (χ0n) is 9.45. The molecule has 0 aliphatic carbocycles. The summed E-state index contributed by atoms with van der Waals surface area (Å²) in [7, 11) is 0. The topological polar surface area (TPSA) is 87.4 Å². The molecule has 0 saturated heterocycles. The number of phenols is 1. The van der Waals surface area contributed by atoms with E-state index >= 15 is 0 Å². The molecule has 1 aromatic carbocycles. The molecule has 0 fully saturated rings. The van der Waals surface area contributed by atoms with Gasteiger partial charge in [0.25, 0.3) is 0 Å². The van der Waals surface area contributed by atoms with E-state index in [-0.39, 0.29) is 24.4 Å². The van der Waals surface area contributed by atoms with Crippen LogP contribution in [0.4, 0.5) is 10.5 Å². The third kappa shape index (κ3) is 3.68. The monoisotopic (exact) mass is 223 g/mol. The van der Waals surface area contributed by atoms with Crippen LogP contribution in [0.15, 0.2) is 18.2 Å². The molecule has 0 unspecified atom stereocenters. The highest BCUT2D eigenvalue weighted by Gasteiger charge is 2.05. The zero-order valence-corrected chi connectivity index (χ0v) is 9.45. The first kappa shape index (κ1) is 12.2. The molecule has 5 nitrogen and oxygen atoms in total. The second kappa shape index (κ2) is 5.25. The van der Waals surface area contributed by atoms with Crippen molar-refractivity contribution < 1.29 is 9.90 Å². The van der Waals surface area contributed by atoms with Crippen LogP contribution in [-0.2, 0) is 6.54 Å². The van der Waals surface area contributed by atoms with Crippen molar-refractivity contribution in [2.75, 3.05) is 5.73 Å². The molecule has 5 N–H and O–H groups in total. The second-order valence-corrected chi connectivity index (χ2v) is 3.87. The first-order valence-electron chi connectivity index (χ1n) is 5.10. The normalized spacial score (nSPS) is 10.2.